The van der Waals surface area contributed by atoms with Crippen LogP contribution in [-0.4, -0.2) is 38.7 Å². The zero-order chi connectivity index (χ0) is 14.1. The van der Waals surface area contributed by atoms with Gasteiger partial charge in [0.1, 0.15) is 0 Å². The third kappa shape index (κ3) is 6.33. The first-order valence-corrected chi connectivity index (χ1v) is 7.00. The fraction of sp³-hybridized carbons (Fsp3) is 0.769. The fourth-order valence-corrected chi connectivity index (χ4v) is 1.91. The largest absolute Gasteiger partial charge is 0.476 e. The van der Waals surface area contributed by atoms with Crippen LogP contribution in [0.3, 0.4) is 0 Å². The molecule has 19 heavy (non-hydrogen) atoms. The van der Waals surface area contributed by atoms with Crippen LogP contribution in [-0.2, 0) is 6.54 Å². The van der Waals surface area contributed by atoms with Crippen LogP contribution in [0.2, 0.25) is 0 Å². The van der Waals surface area contributed by atoms with Gasteiger partial charge in [-0.25, -0.2) is 4.79 Å². The second-order valence-corrected chi connectivity index (χ2v) is 4.88. The first-order chi connectivity index (χ1) is 9.13. The van der Waals surface area contributed by atoms with Crippen LogP contribution in [0.15, 0.2) is 6.20 Å². The summed E-state index contributed by atoms with van der Waals surface area (Å²) >= 11 is 0. The van der Waals surface area contributed by atoms with Crippen molar-refractivity contribution in [1.82, 2.24) is 20.3 Å². The SMILES string of the molecule is CCCCCCC(C)NCCn1cc(C(=O)O)nn1. The number of rotatable bonds is 10. The minimum Gasteiger partial charge on any atom is -0.476 e. The van der Waals surface area contributed by atoms with E-state index < -0.39 is 5.97 Å². The van der Waals surface area contributed by atoms with Crippen molar-refractivity contribution in [2.45, 2.75) is 58.5 Å². The Balaban J connectivity index is 2.13. The summed E-state index contributed by atoms with van der Waals surface area (Å²) in [6.07, 6.45) is 7.76. The Bertz CT molecular complexity index is 378. The zero-order valence-electron chi connectivity index (χ0n) is 11.8. The highest BCUT2D eigenvalue weighted by atomic mass is 16.4. The van der Waals surface area contributed by atoms with Crippen LogP contribution in [0.1, 0.15) is 56.4 Å². The number of hydrogen-bond acceptors (Lipinski definition) is 4. The highest BCUT2D eigenvalue weighted by Crippen LogP contribution is 2.05. The predicted molar refractivity (Wildman–Crippen MR) is 73.2 cm³/mol. The Morgan fingerprint density at radius 1 is 1.47 bits per heavy atom. The molecular formula is C13H24N4O2. The Morgan fingerprint density at radius 2 is 2.26 bits per heavy atom. The highest BCUT2D eigenvalue weighted by molar-refractivity contribution is 5.84. The monoisotopic (exact) mass is 268 g/mol. The Kier molecular flexibility index (Phi) is 7.10. The molecule has 1 aromatic rings. The summed E-state index contributed by atoms with van der Waals surface area (Å²) in [7, 11) is 0. The smallest absolute Gasteiger partial charge is 0.358 e. The van der Waals surface area contributed by atoms with E-state index in [0.29, 0.717) is 12.6 Å². The number of carboxylic acid groups (broad SMARTS) is 1. The van der Waals surface area contributed by atoms with E-state index in [2.05, 4.69) is 29.5 Å². The maximum absolute atomic E-state index is 10.6. The molecule has 108 valence electrons. The van der Waals surface area contributed by atoms with Crippen molar-refractivity contribution in [1.29, 1.82) is 0 Å². The molecule has 0 fully saturated rings. The second-order valence-electron chi connectivity index (χ2n) is 4.88. The molecule has 0 aliphatic carbocycles. The number of aromatic carboxylic acids is 1. The van der Waals surface area contributed by atoms with E-state index in [1.165, 1.54) is 38.3 Å². The molecule has 0 saturated carbocycles. The molecule has 2 N–H and O–H groups in total. The van der Waals surface area contributed by atoms with E-state index >= 15 is 0 Å². The lowest BCUT2D eigenvalue weighted by Gasteiger charge is -2.13. The van der Waals surface area contributed by atoms with E-state index in [1.54, 1.807) is 4.68 Å². The molecule has 0 bridgehead atoms. The number of carbonyl (C=O) groups is 1. The molecule has 6 nitrogen and oxygen atoms in total. The lowest BCUT2D eigenvalue weighted by Crippen LogP contribution is -2.29. The summed E-state index contributed by atoms with van der Waals surface area (Å²) in [6, 6.07) is 0.485. The summed E-state index contributed by atoms with van der Waals surface area (Å²) in [5.74, 6) is -1.04. The summed E-state index contributed by atoms with van der Waals surface area (Å²) in [5, 5.41) is 19.5. The molecule has 1 atom stereocenters. The summed E-state index contributed by atoms with van der Waals surface area (Å²) in [5.41, 5.74) is -0.00684. The van der Waals surface area contributed by atoms with Crippen LogP contribution in [0.25, 0.3) is 0 Å². The van der Waals surface area contributed by atoms with E-state index in [9.17, 15) is 4.79 Å². The van der Waals surface area contributed by atoms with Crippen LogP contribution >= 0.6 is 0 Å². The Labute approximate surface area is 114 Å². The van der Waals surface area contributed by atoms with Crippen molar-refractivity contribution in [2.24, 2.45) is 0 Å². The molecule has 0 radical (unpaired) electrons. The first-order valence-electron chi connectivity index (χ1n) is 7.00. The molecule has 1 unspecified atom stereocenters. The van der Waals surface area contributed by atoms with Crippen LogP contribution in [0, 0.1) is 0 Å². The van der Waals surface area contributed by atoms with Crippen molar-refractivity contribution >= 4 is 5.97 Å². The Hall–Kier alpha value is -1.43. The first kappa shape index (κ1) is 15.6. The van der Waals surface area contributed by atoms with Gasteiger partial charge in [-0.2, -0.15) is 0 Å². The number of unbranched alkanes of at least 4 members (excludes halogenated alkanes) is 3. The van der Waals surface area contributed by atoms with Crippen LogP contribution in [0.5, 0.6) is 0 Å². The molecule has 0 spiro atoms. The zero-order valence-corrected chi connectivity index (χ0v) is 11.8. The third-order valence-corrected chi connectivity index (χ3v) is 3.08. The minimum atomic E-state index is -1.04. The van der Waals surface area contributed by atoms with Crippen LogP contribution < -0.4 is 5.32 Å². The van der Waals surface area contributed by atoms with Crippen molar-refractivity contribution in [3.63, 3.8) is 0 Å². The number of nitrogens with zero attached hydrogens (tertiary/aromatic N) is 3. The number of carboxylic acids is 1. The van der Waals surface area contributed by atoms with Gasteiger partial charge in [-0.1, -0.05) is 37.8 Å². The molecule has 0 aliphatic heterocycles. The standard InChI is InChI=1S/C13H24N4O2/c1-3-4-5-6-7-11(2)14-8-9-17-10-12(13(18)19)15-16-17/h10-11,14H,3-9H2,1-2H3,(H,18,19). The van der Waals surface area contributed by atoms with E-state index in [1.807, 2.05) is 0 Å². The van der Waals surface area contributed by atoms with E-state index in [-0.39, 0.29) is 5.69 Å². The van der Waals surface area contributed by atoms with Gasteiger partial charge in [0.05, 0.1) is 12.7 Å². The third-order valence-electron chi connectivity index (χ3n) is 3.08. The van der Waals surface area contributed by atoms with Gasteiger partial charge in [-0.3, -0.25) is 4.68 Å². The molecular weight excluding hydrogens is 244 g/mol. The molecule has 1 rings (SSSR count). The number of nitrogens with one attached hydrogen (secondary N) is 1. The normalized spacial score (nSPS) is 12.5. The van der Waals surface area contributed by atoms with Crippen LogP contribution in [0.4, 0.5) is 0 Å². The average Bonchev–Trinajstić information content (AvgIpc) is 2.84. The van der Waals surface area contributed by atoms with Gasteiger partial charge < -0.3 is 10.4 Å². The molecule has 1 aromatic heterocycles. The maximum atomic E-state index is 10.6. The second kappa shape index (κ2) is 8.63. The molecule has 6 heteroatoms. The lowest BCUT2D eigenvalue weighted by molar-refractivity contribution is 0.0690. The summed E-state index contributed by atoms with van der Waals surface area (Å²) < 4.78 is 1.56. The van der Waals surface area contributed by atoms with Gasteiger partial charge in [0, 0.05) is 12.6 Å². The molecule has 0 amide bonds. The van der Waals surface area contributed by atoms with Crippen molar-refractivity contribution in [3.8, 4) is 0 Å². The number of hydrogen-bond donors (Lipinski definition) is 2. The van der Waals surface area contributed by atoms with Gasteiger partial charge in [0.2, 0.25) is 0 Å². The number of aromatic nitrogens is 3. The van der Waals surface area contributed by atoms with E-state index in [0.717, 1.165) is 6.54 Å². The average molecular weight is 268 g/mol. The van der Waals surface area contributed by atoms with E-state index in [4.69, 9.17) is 5.11 Å². The predicted octanol–water partition coefficient (Wildman–Crippen LogP) is 1.92. The minimum absolute atomic E-state index is 0.00684. The maximum Gasteiger partial charge on any atom is 0.358 e. The molecule has 0 aliphatic rings. The molecule has 0 aromatic carbocycles. The van der Waals surface area contributed by atoms with Gasteiger partial charge in [0.15, 0.2) is 5.69 Å². The van der Waals surface area contributed by atoms with Gasteiger partial charge >= 0.3 is 5.97 Å². The quantitative estimate of drug-likeness (QED) is 0.634. The van der Waals surface area contributed by atoms with Crippen molar-refractivity contribution in [2.75, 3.05) is 6.54 Å². The summed E-state index contributed by atoms with van der Waals surface area (Å²) in [4.78, 5) is 10.6. The fourth-order valence-electron chi connectivity index (χ4n) is 1.91. The molecule has 0 saturated heterocycles. The topological polar surface area (TPSA) is 80.0 Å². The highest BCUT2D eigenvalue weighted by Gasteiger charge is 2.08. The van der Waals surface area contributed by atoms with Crippen molar-refractivity contribution < 1.29 is 9.90 Å². The van der Waals surface area contributed by atoms with Gasteiger partial charge in [0.25, 0.3) is 0 Å². The van der Waals surface area contributed by atoms with Crippen molar-refractivity contribution in [3.05, 3.63) is 11.9 Å². The van der Waals surface area contributed by atoms with Gasteiger partial charge in [-0.15, -0.1) is 5.10 Å². The summed E-state index contributed by atoms with van der Waals surface area (Å²) in [6.45, 7) is 5.80. The van der Waals surface area contributed by atoms with Gasteiger partial charge in [-0.05, 0) is 13.3 Å². The molecule has 1 heterocycles. The Morgan fingerprint density at radius 3 is 2.89 bits per heavy atom. The lowest BCUT2D eigenvalue weighted by atomic mass is 10.1.